The summed E-state index contributed by atoms with van der Waals surface area (Å²) in [6.07, 6.45) is 1.32. The fourth-order valence-corrected chi connectivity index (χ4v) is 2.69. The number of rotatable bonds is 1. The summed E-state index contributed by atoms with van der Waals surface area (Å²) >= 11 is 3.31. The highest BCUT2D eigenvalue weighted by Gasteiger charge is 2.15. The van der Waals surface area contributed by atoms with Crippen LogP contribution in [-0.4, -0.2) is 15.9 Å². The minimum Gasteiger partial charge on any atom is -0.326 e. The Morgan fingerprint density at radius 3 is 2.84 bits per heavy atom. The molecule has 1 aromatic heterocycles. The standard InChI is InChI=1S/C14H12BrN3O/c1-8-6-12(18-14(15)16-8)10-2-4-11-9(7-10)3-5-13(19)17-11/h2,4,6-7H,3,5H2,1H3,(H,17,19). The fourth-order valence-electron chi connectivity index (χ4n) is 2.22. The average Bonchev–Trinajstić information content (AvgIpc) is 2.37. The van der Waals surface area contributed by atoms with Gasteiger partial charge in [-0.05, 0) is 53.0 Å². The summed E-state index contributed by atoms with van der Waals surface area (Å²) in [5.41, 5.74) is 4.91. The quantitative estimate of drug-likeness (QED) is 0.822. The molecule has 1 aromatic carbocycles. The van der Waals surface area contributed by atoms with Gasteiger partial charge < -0.3 is 5.32 Å². The number of amides is 1. The molecule has 3 rings (SSSR count). The van der Waals surface area contributed by atoms with Crippen molar-refractivity contribution in [3.63, 3.8) is 0 Å². The predicted octanol–water partition coefficient (Wildman–Crippen LogP) is 3.10. The molecule has 1 amide bonds. The van der Waals surface area contributed by atoms with Gasteiger partial charge in [-0.3, -0.25) is 4.79 Å². The summed E-state index contributed by atoms with van der Waals surface area (Å²) in [5, 5.41) is 2.88. The molecule has 0 unspecified atom stereocenters. The number of carbonyl (C=O) groups excluding carboxylic acids is 1. The van der Waals surface area contributed by atoms with Gasteiger partial charge in [-0.2, -0.15) is 0 Å². The van der Waals surface area contributed by atoms with Crippen molar-refractivity contribution in [3.05, 3.63) is 40.3 Å². The van der Waals surface area contributed by atoms with Crippen molar-refractivity contribution >= 4 is 27.5 Å². The van der Waals surface area contributed by atoms with E-state index in [0.717, 1.165) is 34.6 Å². The maximum atomic E-state index is 11.3. The molecule has 0 fully saturated rings. The normalized spacial score (nSPS) is 13.9. The number of carbonyl (C=O) groups is 1. The molecule has 2 aromatic rings. The summed E-state index contributed by atoms with van der Waals surface area (Å²) in [5.74, 6) is 0.0841. The number of benzene rings is 1. The van der Waals surface area contributed by atoms with Crippen LogP contribution >= 0.6 is 15.9 Å². The summed E-state index contributed by atoms with van der Waals surface area (Å²) in [6.45, 7) is 1.94. The van der Waals surface area contributed by atoms with Crippen molar-refractivity contribution in [1.29, 1.82) is 0 Å². The van der Waals surface area contributed by atoms with Crippen molar-refractivity contribution in [3.8, 4) is 11.3 Å². The molecule has 0 saturated heterocycles. The molecule has 0 atom stereocenters. The molecular weight excluding hydrogens is 306 g/mol. The molecule has 5 heteroatoms. The maximum absolute atomic E-state index is 11.3. The first kappa shape index (κ1) is 12.3. The molecule has 0 bridgehead atoms. The van der Waals surface area contributed by atoms with E-state index in [1.165, 1.54) is 0 Å². The van der Waals surface area contributed by atoms with E-state index in [2.05, 4.69) is 37.3 Å². The molecule has 1 aliphatic rings. The number of hydrogen-bond acceptors (Lipinski definition) is 3. The van der Waals surface area contributed by atoms with E-state index in [9.17, 15) is 4.79 Å². The highest BCUT2D eigenvalue weighted by molar-refractivity contribution is 9.10. The van der Waals surface area contributed by atoms with E-state index in [4.69, 9.17) is 0 Å². The van der Waals surface area contributed by atoms with E-state index >= 15 is 0 Å². The number of aryl methyl sites for hydroxylation is 2. The van der Waals surface area contributed by atoms with Gasteiger partial charge in [0.2, 0.25) is 5.91 Å². The van der Waals surface area contributed by atoms with Gasteiger partial charge in [-0.1, -0.05) is 6.07 Å². The fraction of sp³-hybridized carbons (Fsp3) is 0.214. The number of hydrogen-bond donors (Lipinski definition) is 1. The van der Waals surface area contributed by atoms with Crippen LogP contribution in [0, 0.1) is 6.92 Å². The van der Waals surface area contributed by atoms with Crippen LogP contribution in [0.4, 0.5) is 5.69 Å². The zero-order valence-electron chi connectivity index (χ0n) is 10.4. The third-order valence-corrected chi connectivity index (χ3v) is 3.48. The molecule has 1 N–H and O–H groups in total. The third-order valence-electron chi connectivity index (χ3n) is 3.12. The Bertz CT molecular complexity index is 649. The van der Waals surface area contributed by atoms with Crippen LogP contribution in [0.15, 0.2) is 29.0 Å². The molecule has 0 aliphatic carbocycles. The van der Waals surface area contributed by atoms with Crippen LogP contribution in [0.25, 0.3) is 11.3 Å². The number of anilines is 1. The minimum atomic E-state index is 0.0841. The zero-order chi connectivity index (χ0) is 13.4. The number of fused-ring (bicyclic) bond motifs is 1. The average molecular weight is 318 g/mol. The second kappa shape index (κ2) is 4.74. The van der Waals surface area contributed by atoms with Gasteiger partial charge in [0.25, 0.3) is 0 Å². The number of nitrogens with one attached hydrogen (secondary N) is 1. The second-order valence-electron chi connectivity index (χ2n) is 4.58. The van der Waals surface area contributed by atoms with Crippen LogP contribution in [0.1, 0.15) is 17.7 Å². The zero-order valence-corrected chi connectivity index (χ0v) is 12.0. The summed E-state index contributed by atoms with van der Waals surface area (Å²) < 4.78 is 0.591. The number of nitrogens with zero attached hydrogens (tertiary/aromatic N) is 2. The van der Waals surface area contributed by atoms with Gasteiger partial charge in [-0.25, -0.2) is 9.97 Å². The van der Waals surface area contributed by atoms with Gasteiger partial charge in [0.15, 0.2) is 4.73 Å². The molecule has 0 saturated carbocycles. The van der Waals surface area contributed by atoms with Crippen molar-refractivity contribution in [1.82, 2.24) is 9.97 Å². The van der Waals surface area contributed by atoms with Crippen molar-refractivity contribution in [2.24, 2.45) is 0 Å². The topological polar surface area (TPSA) is 54.9 Å². The molecule has 2 heterocycles. The Labute approximate surface area is 119 Å². The molecule has 0 spiro atoms. The van der Waals surface area contributed by atoms with E-state index in [0.29, 0.717) is 11.2 Å². The first-order valence-corrected chi connectivity index (χ1v) is 6.85. The highest BCUT2D eigenvalue weighted by atomic mass is 79.9. The van der Waals surface area contributed by atoms with E-state index in [-0.39, 0.29) is 5.91 Å². The Balaban J connectivity index is 2.04. The van der Waals surface area contributed by atoms with Gasteiger partial charge >= 0.3 is 0 Å². The second-order valence-corrected chi connectivity index (χ2v) is 5.29. The Kier molecular flexibility index (Phi) is 3.06. The lowest BCUT2D eigenvalue weighted by Gasteiger charge is -2.17. The lowest BCUT2D eigenvalue weighted by atomic mass is 9.99. The van der Waals surface area contributed by atoms with Crippen molar-refractivity contribution in [2.75, 3.05) is 5.32 Å². The van der Waals surface area contributed by atoms with Crippen LogP contribution in [0.2, 0.25) is 0 Å². The Morgan fingerprint density at radius 1 is 1.21 bits per heavy atom. The number of aromatic nitrogens is 2. The minimum absolute atomic E-state index is 0.0841. The SMILES string of the molecule is Cc1cc(-c2ccc3c(c2)CCC(=O)N3)nc(Br)n1. The van der Waals surface area contributed by atoms with Gasteiger partial charge in [0.1, 0.15) is 0 Å². The lowest BCUT2D eigenvalue weighted by molar-refractivity contribution is -0.116. The Hall–Kier alpha value is -1.75. The number of halogens is 1. The first-order valence-electron chi connectivity index (χ1n) is 6.06. The van der Waals surface area contributed by atoms with Gasteiger partial charge in [0, 0.05) is 23.4 Å². The van der Waals surface area contributed by atoms with Crippen molar-refractivity contribution in [2.45, 2.75) is 19.8 Å². The van der Waals surface area contributed by atoms with Crippen LogP contribution in [0.5, 0.6) is 0 Å². The smallest absolute Gasteiger partial charge is 0.224 e. The molecule has 19 heavy (non-hydrogen) atoms. The van der Waals surface area contributed by atoms with Crippen LogP contribution in [-0.2, 0) is 11.2 Å². The van der Waals surface area contributed by atoms with Crippen molar-refractivity contribution < 1.29 is 4.79 Å². The largest absolute Gasteiger partial charge is 0.326 e. The van der Waals surface area contributed by atoms with Gasteiger partial charge in [-0.15, -0.1) is 0 Å². The molecule has 0 radical (unpaired) electrons. The summed E-state index contributed by atoms with van der Waals surface area (Å²) in [7, 11) is 0. The molecule has 4 nitrogen and oxygen atoms in total. The first-order chi connectivity index (χ1) is 9.11. The Morgan fingerprint density at radius 2 is 2.05 bits per heavy atom. The summed E-state index contributed by atoms with van der Waals surface area (Å²) in [6, 6.07) is 7.95. The molecular formula is C14H12BrN3O. The lowest BCUT2D eigenvalue weighted by Crippen LogP contribution is -2.18. The van der Waals surface area contributed by atoms with Crippen LogP contribution < -0.4 is 5.32 Å². The maximum Gasteiger partial charge on any atom is 0.224 e. The molecule has 96 valence electrons. The van der Waals surface area contributed by atoms with E-state index < -0.39 is 0 Å². The summed E-state index contributed by atoms with van der Waals surface area (Å²) in [4.78, 5) is 19.9. The van der Waals surface area contributed by atoms with E-state index in [1.54, 1.807) is 0 Å². The van der Waals surface area contributed by atoms with Gasteiger partial charge in [0.05, 0.1) is 5.69 Å². The van der Waals surface area contributed by atoms with Crippen LogP contribution in [0.3, 0.4) is 0 Å². The monoisotopic (exact) mass is 317 g/mol. The molecule has 1 aliphatic heterocycles. The van der Waals surface area contributed by atoms with E-state index in [1.807, 2.05) is 25.1 Å². The predicted molar refractivity (Wildman–Crippen MR) is 76.9 cm³/mol. The third kappa shape index (κ3) is 2.51. The highest BCUT2D eigenvalue weighted by Crippen LogP contribution is 2.28.